The van der Waals surface area contributed by atoms with Crippen LogP contribution in [0.3, 0.4) is 0 Å². The highest BCUT2D eigenvalue weighted by Crippen LogP contribution is 2.30. The molecule has 1 aliphatic carbocycles. The second kappa shape index (κ2) is 9.63. The lowest BCUT2D eigenvalue weighted by Gasteiger charge is -2.28. The first-order chi connectivity index (χ1) is 14.6. The van der Waals surface area contributed by atoms with Crippen LogP contribution in [0, 0.1) is 0 Å². The van der Waals surface area contributed by atoms with E-state index in [-0.39, 0.29) is 23.9 Å². The summed E-state index contributed by atoms with van der Waals surface area (Å²) in [7, 11) is 0. The maximum absolute atomic E-state index is 12.8. The van der Waals surface area contributed by atoms with Crippen molar-refractivity contribution >= 4 is 17.8 Å². The molecule has 6 nitrogen and oxygen atoms in total. The molecule has 6 heteroatoms. The zero-order valence-electron chi connectivity index (χ0n) is 17.8. The average molecular weight is 412 g/mol. The molecule has 4 amide bonds. The van der Waals surface area contributed by atoms with E-state index in [0.29, 0.717) is 32.0 Å². The smallest absolute Gasteiger partial charge is 0.327 e. The standard InChI is InChI=1S/C24H33N3O3/c28-22(25-20-12-4-1-2-5-13-20)14-6-3-9-15-26-23(29)21-16-18-10-7-8-11-19(18)17-27(21)24(26)30/h7-8,10-11,20-21H,1-6,9,12-17H2,(H,25,28). The summed E-state index contributed by atoms with van der Waals surface area (Å²) < 4.78 is 0. The number of urea groups is 1. The molecule has 1 unspecified atom stereocenters. The van der Waals surface area contributed by atoms with Crippen LogP contribution in [0.2, 0.25) is 0 Å². The maximum atomic E-state index is 12.8. The lowest BCUT2D eigenvalue weighted by atomic mass is 9.95. The molecule has 0 bridgehead atoms. The predicted octanol–water partition coefficient (Wildman–Crippen LogP) is 3.77. The molecule has 162 valence electrons. The van der Waals surface area contributed by atoms with Gasteiger partial charge in [-0.1, -0.05) is 56.4 Å². The Morgan fingerprint density at radius 2 is 1.70 bits per heavy atom. The maximum Gasteiger partial charge on any atom is 0.327 e. The fraction of sp³-hybridized carbons (Fsp3) is 0.625. The first kappa shape index (κ1) is 20.9. The Kier molecular flexibility index (Phi) is 6.70. The molecule has 1 aromatic carbocycles. The third kappa shape index (κ3) is 4.68. The van der Waals surface area contributed by atoms with E-state index in [1.54, 1.807) is 4.90 Å². The Hall–Kier alpha value is -2.37. The monoisotopic (exact) mass is 411 g/mol. The van der Waals surface area contributed by atoms with E-state index in [1.165, 1.54) is 36.1 Å². The second-order valence-electron chi connectivity index (χ2n) is 8.96. The van der Waals surface area contributed by atoms with Crippen LogP contribution >= 0.6 is 0 Å². The average Bonchev–Trinajstić information content (AvgIpc) is 2.92. The molecular weight excluding hydrogens is 378 g/mol. The SMILES string of the molecule is O=C(CCCCCN1C(=O)C2Cc3ccccc3CN2C1=O)NC1CCCCCC1. The van der Waals surface area contributed by atoms with Gasteiger partial charge < -0.3 is 10.2 Å². The minimum Gasteiger partial charge on any atom is -0.353 e. The Bertz CT molecular complexity index is 743. The van der Waals surface area contributed by atoms with Gasteiger partial charge in [-0.25, -0.2) is 4.79 Å². The quantitative estimate of drug-likeness (QED) is 0.422. The first-order valence-electron chi connectivity index (χ1n) is 11.6. The van der Waals surface area contributed by atoms with Crippen LogP contribution in [-0.4, -0.2) is 46.3 Å². The van der Waals surface area contributed by atoms with Crippen LogP contribution in [0.25, 0.3) is 0 Å². The molecule has 1 saturated carbocycles. The molecule has 2 fully saturated rings. The van der Waals surface area contributed by atoms with E-state index in [2.05, 4.69) is 5.32 Å². The summed E-state index contributed by atoms with van der Waals surface area (Å²) in [5, 5.41) is 3.18. The van der Waals surface area contributed by atoms with E-state index in [0.717, 1.165) is 37.7 Å². The summed E-state index contributed by atoms with van der Waals surface area (Å²) in [6.45, 7) is 0.967. The molecule has 4 rings (SSSR count). The predicted molar refractivity (Wildman–Crippen MR) is 115 cm³/mol. The van der Waals surface area contributed by atoms with E-state index in [4.69, 9.17) is 0 Å². The summed E-state index contributed by atoms with van der Waals surface area (Å²) in [6, 6.07) is 7.88. The Balaban J connectivity index is 1.18. The number of imide groups is 1. The molecule has 1 saturated heterocycles. The second-order valence-corrected chi connectivity index (χ2v) is 8.96. The van der Waals surface area contributed by atoms with Crippen molar-refractivity contribution in [3.8, 4) is 0 Å². The molecule has 1 atom stereocenters. The molecule has 1 N–H and O–H groups in total. The number of hydrogen-bond acceptors (Lipinski definition) is 3. The Morgan fingerprint density at radius 3 is 2.47 bits per heavy atom. The lowest BCUT2D eigenvalue weighted by molar-refractivity contribution is -0.128. The summed E-state index contributed by atoms with van der Waals surface area (Å²) >= 11 is 0. The van der Waals surface area contributed by atoms with Gasteiger partial charge >= 0.3 is 6.03 Å². The zero-order chi connectivity index (χ0) is 20.9. The number of carbonyl (C=O) groups is 3. The van der Waals surface area contributed by atoms with Gasteiger partial charge in [0.15, 0.2) is 0 Å². The number of unbranched alkanes of at least 4 members (excludes halogenated alkanes) is 2. The van der Waals surface area contributed by atoms with Gasteiger partial charge in [0, 0.05) is 32.0 Å². The fourth-order valence-corrected chi connectivity index (χ4v) is 5.04. The van der Waals surface area contributed by atoms with Crippen LogP contribution in [0.4, 0.5) is 4.79 Å². The van der Waals surface area contributed by atoms with Crippen molar-refractivity contribution in [1.29, 1.82) is 0 Å². The first-order valence-corrected chi connectivity index (χ1v) is 11.6. The number of carbonyl (C=O) groups excluding carboxylic acids is 3. The minimum atomic E-state index is -0.349. The highest BCUT2D eigenvalue weighted by atomic mass is 16.2. The number of nitrogens with zero attached hydrogens (tertiary/aromatic N) is 2. The highest BCUT2D eigenvalue weighted by Gasteiger charge is 2.46. The van der Waals surface area contributed by atoms with E-state index >= 15 is 0 Å². The molecule has 3 aliphatic rings. The third-order valence-electron chi connectivity index (χ3n) is 6.78. The van der Waals surface area contributed by atoms with Crippen LogP contribution < -0.4 is 5.32 Å². The van der Waals surface area contributed by atoms with E-state index in [1.807, 2.05) is 24.3 Å². The van der Waals surface area contributed by atoms with Gasteiger partial charge in [0.2, 0.25) is 5.91 Å². The van der Waals surface area contributed by atoms with Crippen molar-refractivity contribution in [3.05, 3.63) is 35.4 Å². The van der Waals surface area contributed by atoms with Crippen LogP contribution in [0.1, 0.15) is 75.3 Å². The molecule has 2 aliphatic heterocycles. The lowest BCUT2D eigenvalue weighted by Crippen LogP contribution is -2.39. The molecule has 1 aromatic rings. The van der Waals surface area contributed by atoms with Gasteiger partial charge in [0.25, 0.3) is 5.91 Å². The van der Waals surface area contributed by atoms with Crippen LogP contribution in [0.5, 0.6) is 0 Å². The van der Waals surface area contributed by atoms with Gasteiger partial charge in [0.05, 0.1) is 0 Å². The third-order valence-corrected chi connectivity index (χ3v) is 6.78. The van der Waals surface area contributed by atoms with Crippen molar-refractivity contribution < 1.29 is 14.4 Å². The molecule has 0 aromatic heterocycles. The number of hydrogen-bond donors (Lipinski definition) is 1. The van der Waals surface area contributed by atoms with Crippen LogP contribution in [-0.2, 0) is 22.6 Å². The number of amides is 4. The normalized spacial score (nSPS) is 21.9. The van der Waals surface area contributed by atoms with Crippen molar-refractivity contribution in [1.82, 2.24) is 15.1 Å². The summed E-state index contributed by atoms with van der Waals surface area (Å²) in [6.07, 6.45) is 10.7. The number of fused-ring (bicyclic) bond motifs is 2. The fourth-order valence-electron chi connectivity index (χ4n) is 5.04. The summed E-state index contributed by atoms with van der Waals surface area (Å²) in [4.78, 5) is 40.8. The zero-order valence-corrected chi connectivity index (χ0v) is 17.8. The van der Waals surface area contributed by atoms with Crippen molar-refractivity contribution in [3.63, 3.8) is 0 Å². The van der Waals surface area contributed by atoms with E-state index in [9.17, 15) is 14.4 Å². The molecule has 2 heterocycles. The van der Waals surface area contributed by atoms with Gasteiger partial charge in [-0.15, -0.1) is 0 Å². The minimum absolute atomic E-state index is 0.0689. The van der Waals surface area contributed by atoms with Crippen molar-refractivity contribution in [2.45, 2.75) is 89.3 Å². The molecule has 0 radical (unpaired) electrons. The van der Waals surface area contributed by atoms with Gasteiger partial charge in [-0.2, -0.15) is 0 Å². The van der Waals surface area contributed by atoms with Crippen LogP contribution in [0.15, 0.2) is 24.3 Å². The Morgan fingerprint density at radius 1 is 0.967 bits per heavy atom. The summed E-state index contributed by atoms with van der Waals surface area (Å²) in [5.41, 5.74) is 2.30. The highest BCUT2D eigenvalue weighted by molar-refractivity contribution is 6.04. The van der Waals surface area contributed by atoms with Crippen molar-refractivity contribution in [2.75, 3.05) is 6.54 Å². The summed E-state index contributed by atoms with van der Waals surface area (Å²) in [5.74, 6) is 0.0748. The van der Waals surface area contributed by atoms with Gasteiger partial charge in [-0.3, -0.25) is 14.5 Å². The number of rotatable bonds is 7. The molecular formula is C24H33N3O3. The topological polar surface area (TPSA) is 69.7 Å². The number of nitrogens with one attached hydrogen (secondary N) is 1. The molecule has 30 heavy (non-hydrogen) atoms. The van der Waals surface area contributed by atoms with E-state index < -0.39 is 0 Å². The largest absolute Gasteiger partial charge is 0.353 e. The van der Waals surface area contributed by atoms with Crippen molar-refractivity contribution in [2.24, 2.45) is 0 Å². The van der Waals surface area contributed by atoms with Gasteiger partial charge in [0.1, 0.15) is 6.04 Å². The Labute approximate surface area is 179 Å². The number of benzene rings is 1. The van der Waals surface area contributed by atoms with Gasteiger partial charge in [-0.05, 0) is 36.8 Å². The molecule has 0 spiro atoms.